The summed E-state index contributed by atoms with van der Waals surface area (Å²) in [6.07, 6.45) is 0. The summed E-state index contributed by atoms with van der Waals surface area (Å²) in [5, 5.41) is 7.87. The molecule has 0 aliphatic heterocycles. The van der Waals surface area contributed by atoms with Gasteiger partial charge in [0.15, 0.2) is 0 Å². The molecule has 0 saturated carbocycles. The molecule has 0 unspecified atom stereocenters. The summed E-state index contributed by atoms with van der Waals surface area (Å²) in [5.74, 6) is 0. The third kappa shape index (κ3) is 3.31. The fraction of sp³-hybridized carbons (Fsp3) is 0.0667. The number of para-hydroxylation sites is 4. The number of aromatic nitrogens is 2. The molecule has 48 heavy (non-hydrogen) atoms. The summed E-state index contributed by atoms with van der Waals surface area (Å²) < 4.78 is 7.55. The Balaban J connectivity index is 1.20. The molecule has 3 heteroatoms. The molecule has 0 bridgehead atoms. The first-order valence-corrected chi connectivity index (χ1v) is 17.5. The van der Waals surface area contributed by atoms with Crippen LogP contribution in [0, 0.1) is 0 Å². The Morgan fingerprint density at radius 2 is 0.896 bits per heavy atom. The van der Waals surface area contributed by atoms with E-state index >= 15 is 0 Å². The maximum absolute atomic E-state index is 2.46. The number of hydrogen-bond donors (Lipinski definition) is 0. The van der Waals surface area contributed by atoms with Crippen molar-refractivity contribution in [2.24, 2.45) is 0 Å². The monoisotopic (exact) mass is 630 g/mol. The van der Waals surface area contributed by atoms with Crippen molar-refractivity contribution in [3.05, 3.63) is 157 Å². The van der Waals surface area contributed by atoms with Gasteiger partial charge in [-0.05, 0) is 82.9 Å². The molecule has 1 aliphatic rings. The lowest BCUT2D eigenvalue weighted by molar-refractivity contribution is 0.661. The summed E-state index contributed by atoms with van der Waals surface area (Å²) in [7, 11) is 0. The second-order valence-corrected chi connectivity index (χ2v) is 14.8. The van der Waals surface area contributed by atoms with Crippen molar-refractivity contribution >= 4 is 75.1 Å². The third-order valence-electron chi connectivity index (χ3n) is 10.9. The van der Waals surface area contributed by atoms with Crippen molar-refractivity contribution in [3.8, 4) is 22.5 Å². The quantitative estimate of drug-likeness (QED) is 0.180. The lowest BCUT2D eigenvalue weighted by Gasteiger charge is -2.21. The van der Waals surface area contributed by atoms with Gasteiger partial charge in [0.2, 0.25) is 0 Å². The zero-order valence-electron chi connectivity index (χ0n) is 26.7. The van der Waals surface area contributed by atoms with Crippen LogP contribution >= 0.6 is 11.3 Å². The van der Waals surface area contributed by atoms with Crippen molar-refractivity contribution in [3.63, 3.8) is 0 Å². The lowest BCUT2D eigenvalue weighted by Crippen LogP contribution is -2.14. The average molecular weight is 631 g/mol. The molecule has 0 radical (unpaired) electrons. The van der Waals surface area contributed by atoms with Gasteiger partial charge in [0.05, 0.1) is 22.1 Å². The highest BCUT2D eigenvalue weighted by Crippen LogP contribution is 2.54. The molecule has 7 aromatic carbocycles. The van der Waals surface area contributed by atoms with E-state index in [1.54, 1.807) is 0 Å². The van der Waals surface area contributed by atoms with E-state index in [2.05, 4.69) is 169 Å². The van der Waals surface area contributed by atoms with Gasteiger partial charge in [-0.1, -0.05) is 98.8 Å². The predicted octanol–water partition coefficient (Wildman–Crippen LogP) is 12.6. The van der Waals surface area contributed by atoms with Gasteiger partial charge < -0.3 is 9.13 Å². The van der Waals surface area contributed by atoms with Crippen LogP contribution in [0.5, 0.6) is 0 Å². The van der Waals surface area contributed by atoms with Crippen LogP contribution in [-0.2, 0) is 5.41 Å². The molecule has 0 spiro atoms. The van der Waals surface area contributed by atoms with Crippen molar-refractivity contribution in [2.75, 3.05) is 0 Å². The molecule has 0 atom stereocenters. The Kier molecular flexibility index (Phi) is 5.09. The van der Waals surface area contributed by atoms with Crippen LogP contribution in [-0.4, -0.2) is 9.13 Å². The van der Waals surface area contributed by atoms with Gasteiger partial charge in [-0.25, -0.2) is 0 Å². The summed E-state index contributed by atoms with van der Waals surface area (Å²) in [5.41, 5.74) is 12.8. The van der Waals surface area contributed by atoms with Crippen LogP contribution in [0.25, 0.3) is 86.3 Å². The summed E-state index contributed by atoms with van der Waals surface area (Å²) in [6.45, 7) is 4.78. The van der Waals surface area contributed by atoms with Crippen molar-refractivity contribution in [1.29, 1.82) is 0 Å². The molecule has 3 aromatic heterocycles. The fourth-order valence-electron chi connectivity index (χ4n) is 8.77. The third-order valence-corrected chi connectivity index (χ3v) is 12.1. The Hall–Kier alpha value is -5.64. The lowest BCUT2D eigenvalue weighted by atomic mass is 9.82. The second-order valence-electron chi connectivity index (χ2n) is 13.7. The standard InChI is InChI=1S/C45H30N2S/c1-45(2)35-21-19-27(46-37-15-7-3-11-29(37)30-12-4-8-16-38(30)46)25-33(35)43-36(45)22-24-42-44(43)34-26-28(20-23-41(34)48-42)47-39-17-9-5-13-31(39)32-14-6-10-18-40(32)47/h3-26H,1-2H3. The Morgan fingerprint density at radius 1 is 0.438 bits per heavy atom. The van der Waals surface area contributed by atoms with Gasteiger partial charge in [-0.15, -0.1) is 11.3 Å². The summed E-state index contributed by atoms with van der Waals surface area (Å²) in [6, 6.07) is 54.2. The van der Waals surface area contributed by atoms with E-state index in [1.165, 1.54) is 97.4 Å². The fourth-order valence-corrected chi connectivity index (χ4v) is 9.86. The van der Waals surface area contributed by atoms with Gasteiger partial charge in [0, 0.05) is 58.5 Å². The molecule has 0 fully saturated rings. The molecule has 10 aromatic rings. The number of rotatable bonds is 2. The highest BCUT2D eigenvalue weighted by Gasteiger charge is 2.37. The van der Waals surface area contributed by atoms with Gasteiger partial charge in [0.1, 0.15) is 0 Å². The largest absolute Gasteiger partial charge is 0.309 e. The SMILES string of the molecule is CC1(C)c2ccc(-n3c4ccccc4c4ccccc43)cc2-c2c1ccc1sc3ccc(-n4c5ccccc5c5ccccc54)cc3c21. The maximum atomic E-state index is 2.46. The minimum absolute atomic E-state index is 0.100. The molecule has 11 rings (SSSR count). The molecule has 0 saturated heterocycles. The number of nitrogens with zero attached hydrogens (tertiary/aromatic N) is 2. The Morgan fingerprint density at radius 3 is 1.46 bits per heavy atom. The number of thiophene rings is 1. The van der Waals surface area contributed by atoms with E-state index < -0.39 is 0 Å². The normalized spacial score (nSPS) is 13.8. The Bertz CT molecular complexity index is 2880. The number of fused-ring (bicyclic) bond motifs is 13. The van der Waals surface area contributed by atoms with Crippen LogP contribution in [0.3, 0.4) is 0 Å². The van der Waals surface area contributed by atoms with E-state index in [0.29, 0.717) is 0 Å². The van der Waals surface area contributed by atoms with E-state index in [4.69, 9.17) is 0 Å². The zero-order chi connectivity index (χ0) is 31.7. The van der Waals surface area contributed by atoms with Crippen LogP contribution in [0.4, 0.5) is 0 Å². The molecule has 1 aliphatic carbocycles. The van der Waals surface area contributed by atoms with Gasteiger partial charge in [0.25, 0.3) is 0 Å². The minimum Gasteiger partial charge on any atom is -0.309 e. The van der Waals surface area contributed by atoms with E-state index in [0.717, 1.165) is 0 Å². The number of hydrogen-bond acceptors (Lipinski definition) is 1. The van der Waals surface area contributed by atoms with Gasteiger partial charge in [-0.2, -0.15) is 0 Å². The van der Waals surface area contributed by atoms with Crippen molar-refractivity contribution in [1.82, 2.24) is 9.13 Å². The van der Waals surface area contributed by atoms with E-state index in [-0.39, 0.29) is 5.41 Å². The van der Waals surface area contributed by atoms with E-state index in [1.807, 2.05) is 11.3 Å². The smallest absolute Gasteiger partial charge is 0.0541 e. The van der Waals surface area contributed by atoms with Crippen LogP contribution in [0.15, 0.2) is 146 Å². The molecular weight excluding hydrogens is 601 g/mol. The summed E-state index contributed by atoms with van der Waals surface area (Å²) in [4.78, 5) is 0. The Labute approximate surface area is 281 Å². The molecular formula is C45H30N2S. The first kappa shape index (κ1) is 26.4. The van der Waals surface area contributed by atoms with Gasteiger partial charge in [-0.3, -0.25) is 0 Å². The van der Waals surface area contributed by atoms with Gasteiger partial charge >= 0.3 is 0 Å². The average Bonchev–Trinajstić information content (AvgIpc) is 3.83. The molecule has 0 N–H and O–H groups in total. The highest BCUT2D eigenvalue weighted by molar-refractivity contribution is 7.26. The molecule has 3 heterocycles. The first-order valence-electron chi connectivity index (χ1n) is 16.7. The molecule has 2 nitrogen and oxygen atoms in total. The first-order chi connectivity index (χ1) is 23.6. The van der Waals surface area contributed by atoms with Crippen molar-refractivity contribution in [2.45, 2.75) is 19.3 Å². The topological polar surface area (TPSA) is 9.86 Å². The maximum Gasteiger partial charge on any atom is 0.0541 e. The van der Waals surface area contributed by atoms with Crippen LogP contribution in [0.1, 0.15) is 25.0 Å². The van der Waals surface area contributed by atoms with E-state index in [9.17, 15) is 0 Å². The summed E-state index contributed by atoms with van der Waals surface area (Å²) >= 11 is 1.91. The van der Waals surface area contributed by atoms with Crippen LogP contribution < -0.4 is 0 Å². The predicted molar refractivity (Wildman–Crippen MR) is 206 cm³/mol. The van der Waals surface area contributed by atoms with Crippen LogP contribution in [0.2, 0.25) is 0 Å². The zero-order valence-corrected chi connectivity index (χ0v) is 27.5. The highest BCUT2D eigenvalue weighted by atomic mass is 32.1. The number of benzene rings is 7. The second kappa shape index (κ2) is 9.25. The minimum atomic E-state index is -0.100. The molecule has 226 valence electrons. The van der Waals surface area contributed by atoms with Crippen molar-refractivity contribution < 1.29 is 0 Å². The molecule has 0 amide bonds.